The molecule has 20 heavy (non-hydrogen) atoms. The number of hydrogen-bond donors (Lipinski definition) is 2. The molecular formula is C15H19N3O2. The number of nitrogens with zero attached hydrogens (tertiary/aromatic N) is 1. The van der Waals surface area contributed by atoms with Gasteiger partial charge in [0.15, 0.2) is 5.82 Å². The Balaban J connectivity index is 1.89. The molecule has 0 atom stereocenters. The van der Waals surface area contributed by atoms with E-state index in [4.69, 9.17) is 9.47 Å². The summed E-state index contributed by atoms with van der Waals surface area (Å²) in [6.45, 7) is 1.44. The number of ether oxygens (including phenoxy) is 2. The first-order valence-corrected chi connectivity index (χ1v) is 6.81. The van der Waals surface area contributed by atoms with Crippen molar-refractivity contribution in [2.45, 2.75) is 12.8 Å². The zero-order valence-electron chi connectivity index (χ0n) is 11.8. The number of methoxy groups -OCH3 is 2. The van der Waals surface area contributed by atoms with Gasteiger partial charge in [0.1, 0.15) is 5.75 Å². The molecule has 1 aliphatic carbocycles. The van der Waals surface area contributed by atoms with Gasteiger partial charge in [0, 0.05) is 24.8 Å². The smallest absolute Gasteiger partial charge is 0.151 e. The molecule has 2 N–H and O–H groups in total. The number of nitrogens with one attached hydrogen (secondary N) is 2. The molecule has 3 rings (SSSR count). The summed E-state index contributed by atoms with van der Waals surface area (Å²) >= 11 is 0. The SMILES string of the molecule is COCCNc1n[nH]c2c1CCc1cc(OC)ccc1-2. The van der Waals surface area contributed by atoms with E-state index >= 15 is 0 Å². The fourth-order valence-corrected chi connectivity index (χ4v) is 2.66. The molecule has 1 aromatic carbocycles. The van der Waals surface area contributed by atoms with E-state index in [2.05, 4.69) is 27.6 Å². The van der Waals surface area contributed by atoms with Crippen LogP contribution in [0.5, 0.6) is 5.75 Å². The van der Waals surface area contributed by atoms with Gasteiger partial charge in [-0.15, -0.1) is 0 Å². The Hall–Kier alpha value is -2.01. The van der Waals surface area contributed by atoms with Gasteiger partial charge in [0.25, 0.3) is 0 Å². The summed E-state index contributed by atoms with van der Waals surface area (Å²) in [6.07, 6.45) is 2.00. The normalized spacial score (nSPS) is 12.7. The van der Waals surface area contributed by atoms with Crippen molar-refractivity contribution in [3.05, 3.63) is 29.3 Å². The lowest BCUT2D eigenvalue weighted by atomic mass is 9.90. The van der Waals surface area contributed by atoms with E-state index in [-0.39, 0.29) is 0 Å². The molecule has 106 valence electrons. The van der Waals surface area contributed by atoms with E-state index in [0.29, 0.717) is 6.61 Å². The highest BCUT2D eigenvalue weighted by molar-refractivity contribution is 5.74. The van der Waals surface area contributed by atoms with Crippen LogP contribution in [0.15, 0.2) is 18.2 Å². The maximum Gasteiger partial charge on any atom is 0.151 e. The Kier molecular flexibility index (Phi) is 3.60. The van der Waals surface area contributed by atoms with Crippen molar-refractivity contribution in [3.63, 3.8) is 0 Å². The van der Waals surface area contributed by atoms with E-state index in [0.717, 1.165) is 36.6 Å². The lowest BCUT2D eigenvalue weighted by Crippen LogP contribution is -2.10. The van der Waals surface area contributed by atoms with Crippen LogP contribution in [0.3, 0.4) is 0 Å². The summed E-state index contributed by atoms with van der Waals surface area (Å²) in [5.74, 6) is 1.85. The molecule has 0 saturated heterocycles. The van der Waals surface area contributed by atoms with E-state index in [1.165, 1.54) is 16.7 Å². The van der Waals surface area contributed by atoms with Crippen molar-refractivity contribution in [2.24, 2.45) is 0 Å². The highest BCUT2D eigenvalue weighted by Crippen LogP contribution is 2.36. The van der Waals surface area contributed by atoms with Gasteiger partial charge in [0.05, 0.1) is 19.4 Å². The van der Waals surface area contributed by atoms with Crippen LogP contribution < -0.4 is 10.1 Å². The number of anilines is 1. The Bertz CT molecular complexity index is 607. The number of aryl methyl sites for hydroxylation is 1. The quantitative estimate of drug-likeness (QED) is 0.820. The van der Waals surface area contributed by atoms with Gasteiger partial charge in [-0.3, -0.25) is 5.10 Å². The lowest BCUT2D eigenvalue weighted by Gasteiger charge is -2.17. The van der Waals surface area contributed by atoms with Crippen molar-refractivity contribution in [1.29, 1.82) is 0 Å². The number of fused-ring (bicyclic) bond motifs is 3. The average Bonchev–Trinajstić information content (AvgIpc) is 2.90. The molecule has 0 saturated carbocycles. The third-order valence-corrected chi connectivity index (χ3v) is 3.69. The molecular weight excluding hydrogens is 254 g/mol. The molecule has 2 aromatic rings. The highest BCUT2D eigenvalue weighted by Gasteiger charge is 2.22. The van der Waals surface area contributed by atoms with Crippen molar-refractivity contribution in [2.75, 3.05) is 32.7 Å². The van der Waals surface area contributed by atoms with Gasteiger partial charge in [-0.1, -0.05) is 0 Å². The molecule has 1 aliphatic rings. The summed E-state index contributed by atoms with van der Waals surface area (Å²) < 4.78 is 10.3. The number of aromatic amines is 1. The van der Waals surface area contributed by atoms with Gasteiger partial charge < -0.3 is 14.8 Å². The van der Waals surface area contributed by atoms with Gasteiger partial charge in [-0.05, 0) is 36.6 Å². The number of aromatic nitrogens is 2. The van der Waals surface area contributed by atoms with E-state index in [1.807, 2.05) is 6.07 Å². The Morgan fingerprint density at radius 1 is 1.30 bits per heavy atom. The summed E-state index contributed by atoms with van der Waals surface area (Å²) in [7, 11) is 3.40. The number of H-pyrrole nitrogens is 1. The van der Waals surface area contributed by atoms with Crippen LogP contribution in [-0.2, 0) is 17.6 Å². The fourth-order valence-electron chi connectivity index (χ4n) is 2.66. The second-order valence-corrected chi connectivity index (χ2v) is 4.87. The van der Waals surface area contributed by atoms with Gasteiger partial charge in [-0.25, -0.2) is 0 Å². The zero-order chi connectivity index (χ0) is 13.9. The molecule has 1 aromatic heterocycles. The minimum Gasteiger partial charge on any atom is -0.497 e. The number of benzene rings is 1. The van der Waals surface area contributed by atoms with Crippen LogP contribution in [0, 0.1) is 0 Å². The molecule has 0 unspecified atom stereocenters. The molecule has 0 amide bonds. The largest absolute Gasteiger partial charge is 0.497 e. The third kappa shape index (κ3) is 2.25. The number of hydrogen-bond acceptors (Lipinski definition) is 4. The first-order valence-electron chi connectivity index (χ1n) is 6.81. The molecule has 0 spiro atoms. The van der Waals surface area contributed by atoms with Crippen molar-refractivity contribution >= 4 is 5.82 Å². The molecule has 0 fully saturated rings. The Morgan fingerprint density at radius 3 is 3.00 bits per heavy atom. The van der Waals surface area contributed by atoms with Crippen molar-refractivity contribution in [1.82, 2.24) is 10.2 Å². The number of rotatable bonds is 5. The van der Waals surface area contributed by atoms with Crippen LogP contribution in [-0.4, -0.2) is 37.6 Å². The fraction of sp³-hybridized carbons (Fsp3) is 0.400. The highest BCUT2D eigenvalue weighted by atomic mass is 16.5. The van der Waals surface area contributed by atoms with Crippen LogP contribution in [0.4, 0.5) is 5.82 Å². The monoisotopic (exact) mass is 273 g/mol. The zero-order valence-corrected chi connectivity index (χ0v) is 11.8. The molecule has 1 heterocycles. The predicted molar refractivity (Wildman–Crippen MR) is 78.3 cm³/mol. The second-order valence-electron chi connectivity index (χ2n) is 4.87. The summed E-state index contributed by atoms with van der Waals surface area (Å²) in [6, 6.07) is 6.20. The topological polar surface area (TPSA) is 59.2 Å². The Morgan fingerprint density at radius 2 is 2.20 bits per heavy atom. The third-order valence-electron chi connectivity index (χ3n) is 3.69. The first kappa shape index (κ1) is 13.0. The van der Waals surface area contributed by atoms with Crippen LogP contribution in [0.25, 0.3) is 11.3 Å². The summed E-state index contributed by atoms with van der Waals surface area (Å²) in [4.78, 5) is 0. The first-order chi connectivity index (χ1) is 9.83. The van der Waals surface area contributed by atoms with E-state index in [9.17, 15) is 0 Å². The minimum absolute atomic E-state index is 0.676. The summed E-state index contributed by atoms with van der Waals surface area (Å²) in [5, 5.41) is 10.9. The lowest BCUT2D eigenvalue weighted by molar-refractivity contribution is 0.210. The molecule has 0 radical (unpaired) electrons. The van der Waals surface area contributed by atoms with Crippen LogP contribution in [0.1, 0.15) is 11.1 Å². The Labute approximate surface area is 118 Å². The average molecular weight is 273 g/mol. The van der Waals surface area contributed by atoms with E-state index < -0.39 is 0 Å². The van der Waals surface area contributed by atoms with E-state index in [1.54, 1.807) is 14.2 Å². The van der Waals surface area contributed by atoms with Gasteiger partial charge in [0.2, 0.25) is 0 Å². The van der Waals surface area contributed by atoms with Crippen LogP contribution >= 0.6 is 0 Å². The maximum absolute atomic E-state index is 5.29. The van der Waals surface area contributed by atoms with Gasteiger partial charge in [-0.2, -0.15) is 5.10 Å². The second kappa shape index (κ2) is 5.54. The van der Waals surface area contributed by atoms with Crippen LogP contribution in [0.2, 0.25) is 0 Å². The van der Waals surface area contributed by atoms with Crippen molar-refractivity contribution in [3.8, 4) is 17.0 Å². The molecule has 0 bridgehead atoms. The summed E-state index contributed by atoms with van der Waals surface area (Å²) in [5.41, 5.74) is 4.91. The van der Waals surface area contributed by atoms with Gasteiger partial charge >= 0.3 is 0 Å². The molecule has 5 nitrogen and oxygen atoms in total. The standard InChI is InChI=1S/C15H19N3O2/c1-19-8-7-16-15-13-5-3-10-9-11(20-2)4-6-12(10)14(13)17-18-15/h4,6,9H,3,5,7-8H2,1-2H3,(H2,16,17,18). The molecule has 0 aliphatic heterocycles. The predicted octanol–water partition coefficient (Wildman–Crippen LogP) is 2.24. The maximum atomic E-state index is 5.29. The van der Waals surface area contributed by atoms with Crippen molar-refractivity contribution < 1.29 is 9.47 Å². The molecule has 5 heteroatoms. The minimum atomic E-state index is 0.676.